The molecule has 0 atom stereocenters. The number of aromatic nitrogens is 1. The number of para-hydroxylation sites is 1. The Morgan fingerprint density at radius 2 is 2.04 bits per heavy atom. The fraction of sp³-hybridized carbons (Fsp3) is 0.389. The van der Waals surface area contributed by atoms with E-state index < -0.39 is 10.0 Å². The number of piperidine rings is 1. The number of fused-ring (bicyclic) bond motifs is 1. The van der Waals surface area contributed by atoms with Crippen LogP contribution < -0.4 is 10.1 Å². The lowest BCUT2D eigenvalue weighted by Gasteiger charge is -2.31. The third-order valence-electron chi connectivity index (χ3n) is 4.75. The molecule has 0 saturated carbocycles. The standard InChI is InChI=1S/C18H23N3O4S/c1-4-17(22)19-13-8-10-21(11-9-13)26(23,24)16-12-20(2)18-14(16)6-5-7-15(18)25-3/h4-7,12-13H,1,8-11H2,2-3H3,(H,19,22). The number of amides is 1. The number of benzene rings is 1. The van der Waals surface area contributed by atoms with E-state index in [1.165, 1.54) is 10.4 Å². The van der Waals surface area contributed by atoms with Gasteiger partial charge in [-0.1, -0.05) is 18.7 Å². The second-order valence-corrected chi connectivity index (χ2v) is 8.26. The SMILES string of the molecule is C=CC(=O)NC1CCN(S(=O)(=O)c2cn(C)c3c(OC)cccc23)CC1. The van der Waals surface area contributed by atoms with Crippen LogP contribution in [-0.2, 0) is 21.9 Å². The normalized spacial score (nSPS) is 16.5. The van der Waals surface area contributed by atoms with Gasteiger partial charge in [0.05, 0.1) is 12.6 Å². The van der Waals surface area contributed by atoms with Gasteiger partial charge in [0, 0.05) is 37.8 Å². The van der Waals surface area contributed by atoms with Crippen molar-refractivity contribution in [3.05, 3.63) is 37.1 Å². The largest absolute Gasteiger partial charge is 0.495 e. The van der Waals surface area contributed by atoms with Gasteiger partial charge in [0.15, 0.2) is 0 Å². The van der Waals surface area contributed by atoms with Crippen molar-refractivity contribution < 1.29 is 17.9 Å². The quantitative estimate of drug-likeness (QED) is 0.804. The lowest BCUT2D eigenvalue weighted by molar-refractivity contribution is -0.117. The molecule has 1 aliphatic heterocycles. The number of sulfonamides is 1. The Balaban J connectivity index is 1.87. The summed E-state index contributed by atoms with van der Waals surface area (Å²) in [6, 6.07) is 5.37. The molecule has 1 N–H and O–H groups in total. The second-order valence-electron chi connectivity index (χ2n) is 6.35. The molecular formula is C18H23N3O4S. The van der Waals surface area contributed by atoms with Gasteiger partial charge >= 0.3 is 0 Å². The number of hydrogen-bond donors (Lipinski definition) is 1. The minimum Gasteiger partial charge on any atom is -0.495 e. The van der Waals surface area contributed by atoms with Crippen LogP contribution in [0.3, 0.4) is 0 Å². The fourth-order valence-electron chi connectivity index (χ4n) is 3.40. The number of nitrogens with one attached hydrogen (secondary N) is 1. The second kappa shape index (κ2) is 7.13. The lowest BCUT2D eigenvalue weighted by atomic mass is 10.1. The first kappa shape index (κ1) is 18.5. The van der Waals surface area contributed by atoms with E-state index in [9.17, 15) is 13.2 Å². The first-order valence-corrected chi connectivity index (χ1v) is 9.87. The Hall–Kier alpha value is -2.32. The van der Waals surface area contributed by atoms with Crippen molar-refractivity contribution in [2.45, 2.75) is 23.8 Å². The highest BCUT2D eigenvalue weighted by molar-refractivity contribution is 7.89. The van der Waals surface area contributed by atoms with Crippen LogP contribution in [0.2, 0.25) is 0 Å². The molecule has 1 saturated heterocycles. The molecule has 0 bridgehead atoms. The van der Waals surface area contributed by atoms with E-state index in [0.717, 1.165) is 5.52 Å². The number of aryl methyl sites for hydroxylation is 1. The number of ether oxygens (including phenoxy) is 1. The molecule has 2 aromatic rings. The molecule has 26 heavy (non-hydrogen) atoms. The smallest absolute Gasteiger partial charge is 0.245 e. The molecule has 1 amide bonds. The van der Waals surface area contributed by atoms with E-state index in [1.54, 1.807) is 37.1 Å². The molecule has 2 heterocycles. The lowest BCUT2D eigenvalue weighted by Crippen LogP contribution is -2.46. The topological polar surface area (TPSA) is 80.6 Å². The van der Waals surface area contributed by atoms with Crippen LogP contribution >= 0.6 is 0 Å². The minimum absolute atomic E-state index is 0.0282. The van der Waals surface area contributed by atoms with Crippen molar-refractivity contribution in [3.63, 3.8) is 0 Å². The first-order chi connectivity index (χ1) is 12.4. The highest BCUT2D eigenvalue weighted by atomic mass is 32.2. The Labute approximate surface area is 153 Å². The van der Waals surface area contributed by atoms with Crippen LogP contribution in [0.25, 0.3) is 10.9 Å². The minimum atomic E-state index is -3.63. The predicted octanol–water partition coefficient (Wildman–Crippen LogP) is 1.64. The van der Waals surface area contributed by atoms with Crippen molar-refractivity contribution in [3.8, 4) is 5.75 Å². The molecule has 1 aromatic heterocycles. The van der Waals surface area contributed by atoms with Gasteiger partial charge in [-0.25, -0.2) is 8.42 Å². The van der Waals surface area contributed by atoms with E-state index in [1.807, 2.05) is 6.07 Å². The zero-order valence-electron chi connectivity index (χ0n) is 14.9. The van der Waals surface area contributed by atoms with Crippen LogP contribution in [0.4, 0.5) is 0 Å². The maximum absolute atomic E-state index is 13.2. The van der Waals surface area contributed by atoms with Gasteiger partial charge in [-0.15, -0.1) is 0 Å². The summed E-state index contributed by atoms with van der Waals surface area (Å²) in [5, 5.41) is 3.48. The Morgan fingerprint density at radius 3 is 2.65 bits per heavy atom. The molecule has 7 nitrogen and oxygen atoms in total. The van der Waals surface area contributed by atoms with Gasteiger partial charge in [-0.05, 0) is 25.0 Å². The van der Waals surface area contributed by atoms with Gasteiger partial charge in [0.1, 0.15) is 10.6 Å². The third-order valence-corrected chi connectivity index (χ3v) is 6.68. The van der Waals surface area contributed by atoms with Crippen LogP contribution in [0, 0.1) is 0 Å². The summed E-state index contributed by atoms with van der Waals surface area (Å²) < 4.78 is 35.0. The zero-order chi connectivity index (χ0) is 18.9. The number of hydrogen-bond acceptors (Lipinski definition) is 4. The molecule has 0 spiro atoms. The molecular weight excluding hydrogens is 354 g/mol. The summed E-state index contributed by atoms with van der Waals surface area (Å²) >= 11 is 0. The highest BCUT2D eigenvalue weighted by Gasteiger charge is 2.32. The van der Waals surface area contributed by atoms with Gasteiger partial charge in [0.25, 0.3) is 0 Å². The van der Waals surface area contributed by atoms with Crippen molar-refractivity contribution in [2.24, 2.45) is 7.05 Å². The van der Waals surface area contributed by atoms with Crippen LogP contribution in [0.15, 0.2) is 41.9 Å². The van der Waals surface area contributed by atoms with Gasteiger partial charge in [-0.3, -0.25) is 4.79 Å². The summed E-state index contributed by atoms with van der Waals surface area (Å²) in [6.07, 6.45) is 4.01. The average Bonchev–Trinajstić information content (AvgIpc) is 3.00. The monoisotopic (exact) mass is 377 g/mol. The fourth-order valence-corrected chi connectivity index (χ4v) is 5.11. The van der Waals surface area contributed by atoms with E-state index in [-0.39, 0.29) is 16.8 Å². The van der Waals surface area contributed by atoms with Crippen molar-refractivity contribution >= 4 is 26.8 Å². The van der Waals surface area contributed by atoms with Gasteiger partial charge in [0.2, 0.25) is 15.9 Å². The third kappa shape index (κ3) is 3.22. The van der Waals surface area contributed by atoms with E-state index in [2.05, 4.69) is 11.9 Å². The van der Waals surface area contributed by atoms with Gasteiger partial charge < -0.3 is 14.6 Å². The van der Waals surface area contributed by atoms with Crippen molar-refractivity contribution in [2.75, 3.05) is 20.2 Å². The summed E-state index contributed by atoms with van der Waals surface area (Å²) in [5.41, 5.74) is 0.752. The predicted molar refractivity (Wildman–Crippen MR) is 99.6 cm³/mol. The molecule has 140 valence electrons. The summed E-state index contributed by atoms with van der Waals surface area (Å²) in [4.78, 5) is 11.7. The van der Waals surface area contributed by atoms with Crippen LogP contribution in [0.1, 0.15) is 12.8 Å². The molecule has 0 radical (unpaired) electrons. The van der Waals surface area contributed by atoms with Crippen molar-refractivity contribution in [1.29, 1.82) is 0 Å². The van der Waals surface area contributed by atoms with E-state index >= 15 is 0 Å². The van der Waals surface area contributed by atoms with E-state index in [4.69, 9.17) is 4.74 Å². The average molecular weight is 377 g/mol. The summed E-state index contributed by atoms with van der Waals surface area (Å²) in [5.74, 6) is 0.407. The molecule has 1 aromatic carbocycles. The molecule has 0 unspecified atom stereocenters. The molecule has 8 heteroatoms. The van der Waals surface area contributed by atoms with Crippen molar-refractivity contribution in [1.82, 2.24) is 14.2 Å². The highest BCUT2D eigenvalue weighted by Crippen LogP contribution is 2.33. The maximum Gasteiger partial charge on any atom is 0.245 e. The Kier molecular flexibility index (Phi) is 5.06. The number of methoxy groups -OCH3 is 1. The summed E-state index contributed by atoms with van der Waals surface area (Å²) in [6.45, 7) is 4.17. The number of carbonyl (C=O) groups excluding carboxylic acids is 1. The van der Waals surface area contributed by atoms with Gasteiger partial charge in [-0.2, -0.15) is 4.31 Å². The number of carbonyl (C=O) groups is 1. The first-order valence-electron chi connectivity index (χ1n) is 8.43. The Morgan fingerprint density at radius 1 is 1.35 bits per heavy atom. The number of rotatable bonds is 5. The molecule has 1 aliphatic rings. The molecule has 1 fully saturated rings. The molecule has 3 rings (SSSR count). The van der Waals surface area contributed by atoms with Crippen LogP contribution in [0.5, 0.6) is 5.75 Å². The maximum atomic E-state index is 13.2. The Bertz CT molecular complexity index is 941. The zero-order valence-corrected chi connectivity index (χ0v) is 15.8. The molecule has 0 aliphatic carbocycles. The summed E-state index contributed by atoms with van der Waals surface area (Å²) in [7, 11) is -0.252. The van der Waals surface area contributed by atoms with Crippen LogP contribution in [-0.4, -0.2) is 49.4 Å². The number of nitrogens with zero attached hydrogens (tertiary/aromatic N) is 2. The van der Waals surface area contributed by atoms with E-state index in [0.29, 0.717) is 37.1 Å².